The molecule has 1 aromatic carbocycles. The molecule has 1 rings (SSSR count). The molecule has 0 heterocycles. The van der Waals surface area contributed by atoms with Crippen LogP contribution in [-0.4, -0.2) is 21.8 Å². The maximum atomic E-state index is 6.01. The van der Waals surface area contributed by atoms with Gasteiger partial charge in [-0.15, -0.1) is 0 Å². The van der Waals surface area contributed by atoms with Crippen LogP contribution in [0.2, 0.25) is 6.55 Å². The summed E-state index contributed by atoms with van der Waals surface area (Å²) in [4.78, 5) is 0. The van der Waals surface area contributed by atoms with Crippen LogP contribution < -0.4 is 5.19 Å². The third kappa shape index (κ3) is 4.54. The Morgan fingerprint density at radius 3 is 1.88 bits per heavy atom. The van der Waals surface area contributed by atoms with Gasteiger partial charge < -0.3 is 8.85 Å². The third-order valence-corrected chi connectivity index (χ3v) is 5.95. The molecule has 0 atom stereocenters. The normalized spacial score (nSPS) is 11.8. The van der Waals surface area contributed by atoms with E-state index in [-0.39, 0.29) is 0 Å². The second-order valence-electron chi connectivity index (χ2n) is 4.15. The minimum atomic E-state index is -2.21. The lowest BCUT2D eigenvalue weighted by molar-refractivity contribution is 0.185. The van der Waals surface area contributed by atoms with Gasteiger partial charge in [0.05, 0.1) is 0 Å². The molecular formula is C13H21BrO2Si. The Morgan fingerprint density at radius 1 is 1.00 bits per heavy atom. The van der Waals surface area contributed by atoms with Crippen LogP contribution in [0.1, 0.15) is 26.7 Å². The lowest BCUT2D eigenvalue weighted by atomic mass is 10.4. The van der Waals surface area contributed by atoms with Crippen LogP contribution in [0.3, 0.4) is 0 Å². The number of halogens is 1. The molecule has 0 bridgehead atoms. The van der Waals surface area contributed by atoms with Crippen molar-refractivity contribution in [3.8, 4) is 0 Å². The molecule has 0 unspecified atom stereocenters. The Kier molecular flexibility index (Phi) is 6.41. The highest BCUT2D eigenvalue weighted by Gasteiger charge is 2.33. The van der Waals surface area contributed by atoms with Crippen LogP contribution in [0.5, 0.6) is 0 Å². The van der Waals surface area contributed by atoms with Crippen LogP contribution in [0.15, 0.2) is 28.7 Å². The number of hydrogen-bond donors (Lipinski definition) is 0. The topological polar surface area (TPSA) is 18.5 Å². The SMILES string of the molecule is CCCO[Si](C)(OCCC)c1ccc(Br)cc1. The molecule has 0 amide bonds. The van der Waals surface area contributed by atoms with Crippen molar-refractivity contribution in [3.05, 3.63) is 28.7 Å². The molecule has 0 saturated carbocycles. The van der Waals surface area contributed by atoms with Crippen molar-refractivity contribution in [3.63, 3.8) is 0 Å². The molecule has 0 fully saturated rings. The molecule has 0 aromatic heterocycles. The van der Waals surface area contributed by atoms with Gasteiger partial charge in [0.1, 0.15) is 0 Å². The highest BCUT2D eigenvalue weighted by atomic mass is 79.9. The van der Waals surface area contributed by atoms with Crippen LogP contribution >= 0.6 is 15.9 Å². The molecule has 0 aliphatic heterocycles. The minimum Gasteiger partial charge on any atom is -0.391 e. The van der Waals surface area contributed by atoms with Crippen LogP contribution in [0, 0.1) is 0 Å². The molecule has 96 valence electrons. The Labute approximate surface area is 114 Å². The molecule has 0 saturated heterocycles. The van der Waals surface area contributed by atoms with Crippen molar-refractivity contribution in [1.29, 1.82) is 0 Å². The van der Waals surface area contributed by atoms with Crippen molar-refractivity contribution in [2.45, 2.75) is 33.2 Å². The summed E-state index contributed by atoms with van der Waals surface area (Å²) in [5, 5.41) is 1.20. The molecule has 0 spiro atoms. The molecule has 0 aliphatic rings. The van der Waals surface area contributed by atoms with E-state index < -0.39 is 8.56 Å². The van der Waals surface area contributed by atoms with Crippen molar-refractivity contribution < 1.29 is 8.85 Å². The maximum absolute atomic E-state index is 6.01. The van der Waals surface area contributed by atoms with E-state index in [1.807, 2.05) is 12.1 Å². The molecule has 2 nitrogen and oxygen atoms in total. The molecule has 0 N–H and O–H groups in total. The van der Waals surface area contributed by atoms with Gasteiger partial charge in [0.25, 0.3) is 0 Å². The quantitative estimate of drug-likeness (QED) is 0.716. The fraction of sp³-hybridized carbons (Fsp3) is 0.538. The summed E-state index contributed by atoms with van der Waals surface area (Å²) in [5.74, 6) is 0. The lowest BCUT2D eigenvalue weighted by Gasteiger charge is -2.27. The average molecular weight is 317 g/mol. The van der Waals surface area contributed by atoms with Crippen molar-refractivity contribution >= 4 is 29.7 Å². The Bertz CT molecular complexity index is 319. The molecule has 1 aromatic rings. The van der Waals surface area contributed by atoms with Crippen LogP contribution in [-0.2, 0) is 8.85 Å². The van der Waals surface area contributed by atoms with E-state index in [1.54, 1.807) is 0 Å². The van der Waals surface area contributed by atoms with Gasteiger partial charge in [-0.3, -0.25) is 0 Å². The van der Waals surface area contributed by atoms with Gasteiger partial charge in [0, 0.05) is 17.7 Å². The highest BCUT2D eigenvalue weighted by Crippen LogP contribution is 2.13. The monoisotopic (exact) mass is 316 g/mol. The maximum Gasteiger partial charge on any atom is 0.369 e. The Morgan fingerprint density at radius 2 is 1.47 bits per heavy atom. The second-order valence-corrected chi connectivity index (χ2v) is 8.11. The van der Waals surface area contributed by atoms with Gasteiger partial charge in [0.2, 0.25) is 0 Å². The zero-order valence-electron chi connectivity index (χ0n) is 10.8. The van der Waals surface area contributed by atoms with Crippen molar-refractivity contribution in [2.75, 3.05) is 13.2 Å². The zero-order chi connectivity index (χ0) is 12.7. The first-order chi connectivity index (χ1) is 8.12. The number of rotatable bonds is 7. The summed E-state index contributed by atoms with van der Waals surface area (Å²) < 4.78 is 13.1. The summed E-state index contributed by atoms with van der Waals surface area (Å²) in [6.45, 7) is 7.90. The number of hydrogen-bond acceptors (Lipinski definition) is 2. The van der Waals surface area contributed by atoms with Gasteiger partial charge in [-0.05, 0) is 36.7 Å². The molecule has 4 heteroatoms. The van der Waals surface area contributed by atoms with E-state index in [0.29, 0.717) is 0 Å². The molecule has 0 radical (unpaired) electrons. The predicted octanol–water partition coefficient (Wildman–Crippen LogP) is 3.58. The summed E-state index contributed by atoms with van der Waals surface area (Å²) in [6.07, 6.45) is 2.04. The zero-order valence-corrected chi connectivity index (χ0v) is 13.4. The first-order valence-corrected chi connectivity index (χ1v) is 9.27. The smallest absolute Gasteiger partial charge is 0.369 e. The van der Waals surface area contributed by atoms with E-state index in [1.165, 1.54) is 5.19 Å². The van der Waals surface area contributed by atoms with Crippen molar-refractivity contribution in [1.82, 2.24) is 0 Å². The fourth-order valence-electron chi connectivity index (χ4n) is 1.55. The van der Waals surface area contributed by atoms with E-state index in [9.17, 15) is 0 Å². The standard InChI is InChI=1S/C13H21BrO2Si/c1-4-10-15-17(3,16-11-5-2)13-8-6-12(14)7-9-13/h6-9H,4-5,10-11H2,1-3H3. The van der Waals surface area contributed by atoms with Crippen LogP contribution in [0.4, 0.5) is 0 Å². The Balaban J connectivity index is 2.83. The van der Waals surface area contributed by atoms with Crippen molar-refractivity contribution in [2.24, 2.45) is 0 Å². The summed E-state index contributed by atoms with van der Waals surface area (Å²) in [7, 11) is -2.21. The summed E-state index contributed by atoms with van der Waals surface area (Å²) in [5.41, 5.74) is 0. The second kappa shape index (κ2) is 7.31. The van der Waals surface area contributed by atoms with Gasteiger partial charge in [0.15, 0.2) is 0 Å². The van der Waals surface area contributed by atoms with Gasteiger partial charge in [-0.2, -0.15) is 0 Å². The third-order valence-electron chi connectivity index (χ3n) is 2.53. The number of benzene rings is 1. The van der Waals surface area contributed by atoms with E-state index in [4.69, 9.17) is 8.85 Å². The first kappa shape index (κ1) is 14.9. The largest absolute Gasteiger partial charge is 0.391 e. The van der Waals surface area contributed by atoms with Gasteiger partial charge in [-0.1, -0.05) is 41.9 Å². The van der Waals surface area contributed by atoms with E-state index >= 15 is 0 Å². The molecule has 0 aliphatic carbocycles. The average Bonchev–Trinajstić information content (AvgIpc) is 2.34. The highest BCUT2D eigenvalue weighted by molar-refractivity contribution is 9.10. The minimum absolute atomic E-state index is 0.766. The molecular weight excluding hydrogens is 296 g/mol. The Hall–Kier alpha value is -0.163. The van der Waals surface area contributed by atoms with Gasteiger partial charge in [-0.25, -0.2) is 0 Å². The summed E-state index contributed by atoms with van der Waals surface area (Å²) >= 11 is 3.45. The fourth-order valence-corrected chi connectivity index (χ4v) is 4.20. The summed E-state index contributed by atoms with van der Waals surface area (Å²) in [6, 6.07) is 8.29. The predicted molar refractivity (Wildman–Crippen MR) is 77.9 cm³/mol. The van der Waals surface area contributed by atoms with E-state index in [0.717, 1.165) is 30.5 Å². The van der Waals surface area contributed by atoms with Crippen LogP contribution in [0.25, 0.3) is 0 Å². The first-order valence-electron chi connectivity index (χ1n) is 6.16. The van der Waals surface area contributed by atoms with E-state index in [2.05, 4.69) is 48.5 Å². The lowest BCUT2D eigenvalue weighted by Crippen LogP contribution is -2.51. The molecule has 17 heavy (non-hydrogen) atoms. The van der Waals surface area contributed by atoms with Gasteiger partial charge >= 0.3 is 8.56 Å².